The smallest absolute Gasteiger partial charge is 0.121 e. The summed E-state index contributed by atoms with van der Waals surface area (Å²) in [6.45, 7) is 3.37. The maximum Gasteiger partial charge on any atom is 0.121 e. The Morgan fingerprint density at radius 2 is 1.54 bits per heavy atom. The lowest BCUT2D eigenvalue weighted by atomic mass is 9.83. The number of phenolic OH excluding ortho intramolecular Hbond substituents is 1. The largest absolute Gasteiger partial charge is 0.508 e. The Hall–Kier alpha value is -1.88. The van der Waals surface area contributed by atoms with Crippen LogP contribution < -0.4 is 0 Å². The van der Waals surface area contributed by atoms with Gasteiger partial charge in [-0.1, -0.05) is 48.5 Å². The molecule has 1 fully saturated rings. The molecule has 1 saturated heterocycles. The number of aliphatic hydroxyl groups is 2. The second-order valence-corrected chi connectivity index (χ2v) is 6.68. The Morgan fingerprint density at radius 1 is 0.958 bits per heavy atom. The van der Waals surface area contributed by atoms with Gasteiger partial charge in [0.05, 0.1) is 11.7 Å². The second kappa shape index (κ2) is 6.93. The third-order valence-corrected chi connectivity index (χ3v) is 5.22. The average molecular weight is 327 g/mol. The van der Waals surface area contributed by atoms with E-state index in [-0.39, 0.29) is 11.8 Å². The fourth-order valence-electron chi connectivity index (χ4n) is 3.54. The van der Waals surface area contributed by atoms with Crippen LogP contribution >= 0.6 is 0 Å². The molecule has 2 aromatic rings. The minimum atomic E-state index is -0.794. The molecule has 128 valence electrons. The van der Waals surface area contributed by atoms with Crippen LogP contribution in [0.1, 0.15) is 37.0 Å². The van der Waals surface area contributed by atoms with Gasteiger partial charge in [0.15, 0.2) is 0 Å². The van der Waals surface area contributed by atoms with Gasteiger partial charge >= 0.3 is 0 Å². The fourth-order valence-corrected chi connectivity index (χ4v) is 3.54. The monoisotopic (exact) mass is 327 g/mol. The first-order valence-corrected chi connectivity index (χ1v) is 8.49. The van der Waals surface area contributed by atoms with E-state index in [9.17, 15) is 15.3 Å². The molecule has 0 aliphatic carbocycles. The molecular formula is C20H25NO3. The van der Waals surface area contributed by atoms with Crippen molar-refractivity contribution in [1.82, 2.24) is 4.90 Å². The highest BCUT2D eigenvalue weighted by Crippen LogP contribution is 2.35. The summed E-state index contributed by atoms with van der Waals surface area (Å²) in [4.78, 5) is 2.18. The van der Waals surface area contributed by atoms with Gasteiger partial charge in [0, 0.05) is 24.7 Å². The first-order valence-electron chi connectivity index (χ1n) is 8.49. The minimum absolute atomic E-state index is 0.120. The number of piperidine rings is 1. The van der Waals surface area contributed by atoms with E-state index in [2.05, 4.69) is 4.90 Å². The predicted octanol–water partition coefficient (Wildman–Crippen LogP) is 2.80. The molecule has 4 heteroatoms. The van der Waals surface area contributed by atoms with Gasteiger partial charge in [0.25, 0.3) is 0 Å². The van der Waals surface area contributed by atoms with Crippen molar-refractivity contribution in [2.24, 2.45) is 0 Å². The lowest BCUT2D eigenvalue weighted by molar-refractivity contribution is -0.0504. The molecule has 1 heterocycles. The number of hydrogen-bond donors (Lipinski definition) is 3. The normalized spacial score (nSPS) is 20.5. The highest BCUT2D eigenvalue weighted by molar-refractivity contribution is 5.34. The zero-order valence-corrected chi connectivity index (χ0v) is 14.0. The van der Waals surface area contributed by atoms with Crippen molar-refractivity contribution in [3.63, 3.8) is 0 Å². The van der Waals surface area contributed by atoms with Crippen molar-refractivity contribution in [1.29, 1.82) is 0 Å². The molecule has 1 aliphatic heterocycles. The number of aliphatic hydroxyl groups excluding tert-OH is 1. The Bertz CT molecular complexity index is 666. The van der Waals surface area contributed by atoms with Crippen molar-refractivity contribution in [2.45, 2.75) is 37.5 Å². The standard InChI is InChI=1S/C20H25NO3/c1-15(19(23)17-9-5-6-10-18(17)22)21-13-11-20(24,12-14-21)16-7-3-2-4-8-16/h2-10,15,19,22-24H,11-14H2,1H3. The van der Waals surface area contributed by atoms with Crippen LogP contribution in [0.4, 0.5) is 0 Å². The molecule has 0 spiro atoms. The Balaban J connectivity index is 1.67. The molecule has 2 aromatic carbocycles. The molecule has 0 aromatic heterocycles. The Morgan fingerprint density at radius 3 is 2.17 bits per heavy atom. The number of hydrogen-bond acceptors (Lipinski definition) is 4. The molecule has 0 bridgehead atoms. The van der Waals surface area contributed by atoms with Crippen LogP contribution in [-0.2, 0) is 5.60 Å². The Labute approximate surface area is 143 Å². The van der Waals surface area contributed by atoms with E-state index in [1.165, 1.54) is 0 Å². The summed E-state index contributed by atoms with van der Waals surface area (Å²) in [6.07, 6.45) is 0.512. The van der Waals surface area contributed by atoms with Crippen LogP contribution in [0.2, 0.25) is 0 Å². The summed E-state index contributed by atoms with van der Waals surface area (Å²) in [5.74, 6) is 0.120. The van der Waals surface area contributed by atoms with Crippen molar-refractivity contribution in [3.8, 4) is 5.75 Å². The van der Waals surface area contributed by atoms with E-state index >= 15 is 0 Å². The second-order valence-electron chi connectivity index (χ2n) is 6.68. The van der Waals surface area contributed by atoms with Crippen LogP contribution in [0.3, 0.4) is 0 Å². The topological polar surface area (TPSA) is 63.9 Å². The summed E-state index contributed by atoms with van der Waals surface area (Å²) in [5.41, 5.74) is 0.713. The SMILES string of the molecule is CC(C(O)c1ccccc1O)N1CCC(O)(c2ccccc2)CC1. The van der Waals surface area contributed by atoms with E-state index < -0.39 is 11.7 Å². The van der Waals surface area contributed by atoms with Crippen LogP contribution in [0, 0.1) is 0 Å². The van der Waals surface area contributed by atoms with Gasteiger partial charge < -0.3 is 15.3 Å². The predicted molar refractivity (Wildman–Crippen MR) is 93.7 cm³/mol. The maximum atomic E-state index is 10.9. The number of phenols is 1. The molecule has 0 amide bonds. The number of likely N-dealkylation sites (tertiary alicyclic amines) is 1. The fraction of sp³-hybridized carbons (Fsp3) is 0.400. The quantitative estimate of drug-likeness (QED) is 0.808. The molecule has 1 aliphatic rings. The molecule has 3 N–H and O–H groups in total. The van der Waals surface area contributed by atoms with Crippen LogP contribution in [0.5, 0.6) is 5.75 Å². The number of benzene rings is 2. The zero-order valence-electron chi connectivity index (χ0n) is 14.0. The summed E-state index contributed by atoms with van der Waals surface area (Å²) in [6, 6.07) is 16.6. The van der Waals surface area contributed by atoms with Crippen LogP contribution in [0.25, 0.3) is 0 Å². The molecule has 24 heavy (non-hydrogen) atoms. The van der Waals surface area contributed by atoms with Crippen LogP contribution in [0.15, 0.2) is 54.6 Å². The van der Waals surface area contributed by atoms with Crippen molar-refractivity contribution < 1.29 is 15.3 Å². The van der Waals surface area contributed by atoms with E-state index in [4.69, 9.17) is 0 Å². The van der Waals surface area contributed by atoms with Gasteiger partial charge in [0.1, 0.15) is 5.75 Å². The lowest BCUT2D eigenvalue weighted by Gasteiger charge is -2.42. The van der Waals surface area contributed by atoms with Gasteiger partial charge in [0.2, 0.25) is 0 Å². The van der Waals surface area contributed by atoms with Gasteiger partial charge in [-0.05, 0) is 31.4 Å². The van der Waals surface area contributed by atoms with Gasteiger partial charge in [-0.15, -0.1) is 0 Å². The first-order chi connectivity index (χ1) is 11.5. The van der Waals surface area contributed by atoms with E-state index in [1.54, 1.807) is 18.2 Å². The number of nitrogens with zero attached hydrogens (tertiary/aromatic N) is 1. The summed E-state index contributed by atoms with van der Waals surface area (Å²) >= 11 is 0. The van der Waals surface area contributed by atoms with E-state index in [1.807, 2.05) is 43.3 Å². The third-order valence-electron chi connectivity index (χ3n) is 5.22. The lowest BCUT2D eigenvalue weighted by Crippen LogP contribution is -2.47. The zero-order chi connectivity index (χ0) is 17.2. The third kappa shape index (κ3) is 3.31. The van der Waals surface area contributed by atoms with Crippen LogP contribution in [-0.4, -0.2) is 39.4 Å². The molecule has 3 rings (SSSR count). The molecule has 0 radical (unpaired) electrons. The van der Waals surface area contributed by atoms with E-state index in [0.717, 1.165) is 5.56 Å². The molecular weight excluding hydrogens is 302 g/mol. The van der Waals surface area contributed by atoms with Gasteiger partial charge in [-0.25, -0.2) is 0 Å². The molecule has 4 nitrogen and oxygen atoms in total. The Kier molecular flexibility index (Phi) is 4.90. The van der Waals surface area contributed by atoms with Crippen molar-refractivity contribution >= 4 is 0 Å². The maximum absolute atomic E-state index is 10.9. The summed E-state index contributed by atoms with van der Waals surface area (Å²) in [5, 5.41) is 31.5. The van der Waals surface area contributed by atoms with Gasteiger partial charge in [-0.3, -0.25) is 4.90 Å². The van der Waals surface area contributed by atoms with Crippen molar-refractivity contribution in [2.75, 3.05) is 13.1 Å². The highest BCUT2D eigenvalue weighted by Gasteiger charge is 2.36. The molecule has 0 saturated carbocycles. The average Bonchev–Trinajstić information content (AvgIpc) is 2.62. The highest BCUT2D eigenvalue weighted by atomic mass is 16.3. The van der Waals surface area contributed by atoms with E-state index in [0.29, 0.717) is 31.5 Å². The number of aromatic hydroxyl groups is 1. The number of rotatable bonds is 4. The first kappa shape index (κ1) is 17.0. The summed E-state index contributed by atoms with van der Waals surface area (Å²) < 4.78 is 0. The van der Waals surface area contributed by atoms with Gasteiger partial charge in [-0.2, -0.15) is 0 Å². The molecule has 2 unspecified atom stereocenters. The molecule has 2 atom stereocenters. The minimum Gasteiger partial charge on any atom is -0.508 e. The number of para-hydroxylation sites is 1. The van der Waals surface area contributed by atoms with Crippen molar-refractivity contribution in [3.05, 3.63) is 65.7 Å². The summed E-state index contributed by atoms with van der Waals surface area (Å²) in [7, 11) is 0.